The minimum absolute atomic E-state index is 0.142. The first-order valence-corrected chi connectivity index (χ1v) is 6.11. The fourth-order valence-corrected chi connectivity index (χ4v) is 1.74. The Labute approximate surface area is 119 Å². The van der Waals surface area contributed by atoms with E-state index < -0.39 is 11.7 Å². The van der Waals surface area contributed by atoms with E-state index in [1.807, 2.05) is 0 Å². The van der Waals surface area contributed by atoms with Crippen LogP contribution in [0.2, 0.25) is 0 Å². The van der Waals surface area contributed by atoms with Gasteiger partial charge >= 0.3 is 0 Å². The molecule has 1 aromatic carbocycles. The monoisotopic (exact) mass is 283 g/mol. The van der Waals surface area contributed by atoms with Crippen molar-refractivity contribution in [1.29, 1.82) is 0 Å². The third-order valence-corrected chi connectivity index (χ3v) is 2.73. The minimum Gasteiger partial charge on any atom is -0.320 e. The lowest BCUT2D eigenvalue weighted by atomic mass is 10.3. The van der Waals surface area contributed by atoms with Crippen LogP contribution in [0, 0.1) is 5.82 Å². The number of hydrogen-bond acceptors (Lipinski definition) is 4. The SMILES string of the molecule is O=C(Nc1cccc(F)c1)c1ccc(-n2ccnc2)nn1. The van der Waals surface area contributed by atoms with E-state index in [0.717, 1.165) is 0 Å². The Morgan fingerprint density at radius 1 is 1.19 bits per heavy atom. The number of rotatable bonds is 3. The van der Waals surface area contributed by atoms with Gasteiger partial charge in [-0.1, -0.05) is 6.07 Å². The first kappa shape index (κ1) is 12.9. The molecule has 0 aliphatic heterocycles. The maximum absolute atomic E-state index is 13.0. The normalized spacial score (nSPS) is 10.3. The maximum Gasteiger partial charge on any atom is 0.276 e. The van der Waals surface area contributed by atoms with Crippen molar-refractivity contribution in [1.82, 2.24) is 19.7 Å². The second kappa shape index (κ2) is 5.49. The van der Waals surface area contributed by atoms with Gasteiger partial charge in [-0.3, -0.25) is 9.36 Å². The Balaban J connectivity index is 1.76. The smallest absolute Gasteiger partial charge is 0.276 e. The summed E-state index contributed by atoms with van der Waals surface area (Å²) < 4.78 is 14.7. The molecule has 0 saturated heterocycles. The van der Waals surface area contributed by atoms with Gasteiger partial charge in [0.05, 0.1) is 0 Å². The fraction of sp³-hybridized carbons (Fsp3) is 0. The second-order valence-corrected chi connectivity index (χ2v) is 4.21. The van der Waals surface area contributed by atoms with Crippen LogP contribution in [0.4, 0.5) is 10.1 Å². The Bertz CT molecular complexity index is 755. The molecule has 7 heteroatoms. The van der Waals surface area contributed by atoms with Crippen molar-refractivity contribution in [2.45, 2.75) is 0 Å². The van der Waals surface area contributed by atoms with Crippen molar-refractivity contribution in [3.8, 4) is 5.82 Å². The summed E-state index contributed by atoms with van der Waals surface area (Å²) in [6, 6.07) is 8.82. The van der Waals surface area contributed by atoms with Gasteiger partial charge in [-0.2, -0.15) is 0 Å². The summed E-state index contributed by atoms with van der Waals surface area (Å²) >= 11 is 0. The first-order chi connectivity index (χ1) is 10.2. The third kappa shape index (κ3) is 2.92. The summed E-state index contributed by atoms with van der Waals surface area (Å²) in [5.74, 6) is -0.325. The molecule has 6 nitrogen and oxygen atoms in total. The molecule has 0 spiro atoms. The lowest BCUT2D eigenvalue weighted by Crippen LogP contribution is -2.15. The van der Waals surface area contributed by atoms with Gasteiger partial charge < -0.3 is 5.32 Å². The van der Waals surface area contributed by atoms with E-state index in [-0.39, 0.29) is 5.69 Å². The summed E-state index contributed by atoms with van der Waals surface area (Å²) in [5, 5.41) is 10.3. The molecule has 0 aliphatic rings. The average Bonchev–Trinajstić information content (AvgIpc) is 3.01. The average molecular weight is 283 g/mol. The zero-order valence-corrected chi connectivity index (χ0v) is 10.8. The van der Waals surface area contributed by atoms with Crippen LogP contribution in [0.15, 0.2) is 55.1 Å². The van der Waals surface area contributed by atoms with E-state index in [1.54, 1.807) is 35.4 Å². The summed E-state index contributed by atoms with van der Waals surface area (Å²) in [7, 11) is 0. The first-order valence-electron chi connectivity index (χ1n) is 6.11. The van der Waals surface area contributed by atoms with Gasteiger partial charge in [0.25, 0.3) is 5.91 Å². The van der Waals surface area contributed by atoms with Crippen molar-refractivity contribution in [3.05, 3.63) is 66.6 Å². The van der Waals surface area contributed by atoms with Gasteiger partial charge in [-0.25, -0.2) is 9.37 Å². The van der Waals surface area contributed by atoms with Crippen molar-refractivity contribution in [2.24, 2.45) is 0 Å². The van der Waals surface area contributed by atoms with Crippen LogP contribution in [-0.4, -0.2) is 25.7 Å². The molecular formula is C14H10FN5O. The summed E-state index contributed by atoms with van der Waals surface area (Å²) in [6.45, 7) is 0. The molecule has 3 rings (SSSR count). The van der Waals surface area contributed by atoms with E-state index >= 15 is 0 Å². The lowest BCUT2D eigenvalue weighted by Gasteiger charge is -2.05. The lowest BCUT2D eigenvalue weighted by molar-refractivity contribution is 0.102. The molecule has 0 unspecified atom stereocenters. The summed E-state index contributed by atoms with van der Waals surface area (Å²) in [4.78, 5) is 15.9. The number of nitrogens with zero attached hydrogens (tertiary/aromatic N) is 4. The zero-order valence-electron chi connectivity index (χ0n) is 10.8. The number of nitrogens with one attached hydrogen (secondary N) is 1. The number of amides is 1. The standard InChI is InChI=1S/C14H10FN5O/c15-10-2-1-3-11(8-10)17-14(21)12-4-5-13(19-18-12)20-7-6-16-9-20/h1-9H,(H,17,21). The molecule has 1 N–H and O–H groups in total. The third-order valence-electron chi connectivity index (χ3n) is 2.73. The van der Waals surface area contributed by atoms with Crippen molar-refractivity contribution >= 4 is 11.6 Å². The number of anilines is 1. The molecule has 0 aliphatic carbocycles. The highest BCUT2D eigenvalue weighted by Crippen LogP contribution is 2.10. The van der Waals surface area contributed by atoms with Crippen molar-refractivity contribution in [3.63, 3.8) is 0 Å². The number of halogens is 1. The number of carbonyl (C=O) groups excluding carboxylic acids is 1. The van der Waals surface area contributed by atoms with Gasteiger partial charge in [0.15, 0.2) is 11.5 Å². The van der Waals surface area contributed by atoms with Crippen LogP contribution >= 0.6 is 0 Å². The van der Waals surface area contributed by atoms with Gasteiger partial charge in [0, 0.05) is 18.1 Å². The second-order valence-electron chi connectivity index (χ2n) is 4.21. The molecule has 104 valence electrons. The predicted molar refractivity (Wildman–Crippen MR) is 73.5 cm³/mol. The fourth-order valence-electron chi connectivity index (χ4n) is 1.74. The maximum atomic E-state index is 13.0. The van der Waals surface area contributed by atoms with Crippen LogP contribution in [0.5, 0.6) is 0 Å². The number of aromatic nitrogens is 4. The summed E-state index contributed by atoms with van der Waals surface area (Å²) in [6.07, 6.45) is 4.92. The van der Waals surface area contributed by atoms with Crippen molar-refractivity contribution < 1.29 is 9.18 Å². The van der Waals surface area contributed by atoms with E-state index in [9.17, 15) is 9.18 Å². The molecule has 2 aromatic heterocycles. The highest BCUT2D eigenvalue weighted by Gasteiger charge is 2.09. The molecule has 0 radical (unpaired) electrons. The van der Waals surface area contributed by atoms with Crippen molar-refractivity contribution in [2.75, 3.05) is 5.32 Å². The van der Waals surface area contributed by atoms with Gasteiger partial charge in [0.2, 0.25) is 0 Å². The van der Waals surface area contributed by atoms with Crippen LogP contribution in [0.1, 0.15) is 10.5 Å². The minimum atomic E-state index is -0.453. The Hall–Kier alpha value is -3.09. The van der Waals surface area contributed by atoms with Gasteiger partial charge in [0.1, 0.15) is 12.1 Å². The summed E-state index contributed by atoms with van der Waals surface area (Å²) in [5.41, 5.74) is 0.503. The van der Waals surface area contributed by atoms with Crippen LogP contribution in [0.25, 0.3) is 5.82 Å². The van der Waals surface area contributed by atoms with Gasteiger partial charge in [-0.15, -0.1) is 10.2 Å². The number of hydrogen-bond donors (Lipinski definition) is 1. The number of imidazole rings is 1. The number of carbonyl (C=O) groups is 1. The Morgan fingerprint density at radius 2 is 2.10 bits per heavy atom. The zero-order chi connectivity index (χ0) is 14.7. The molecule has 21 heavy (non-hydrogen) atoms. The highest BCUT2D eigenvalue weighted by molar-refractivity contribution is 6.02. The molecular weight excluding hydrogens is 273 g/mol. The highest BCUT2D eigenvalue weighted by atomic mass is 19.1. The van der Waals surface area contributed by atoms with Crippen LogP contribution < -0.4 is 5.32 Å². The van der Waals surface area contributed by atoms with Gasteiger partial charge in [-0.05, 0) is 30.3 Å². The van der Waals surface area contributed by atoms with E-state index in [0.29, 0.717) is 11.5 Å². The predicted octanol–water partition coefficient (Wildman–Crippen LogP) is 2.05. The largest absolute Gasteiger partial charge is 0.320 e. The Kier molecular flexibility index (Phi) is 3.38. The van der Waals surface area contributed by atoms with Crippen LogP contribution in [0.3, 0.4) is 0 Å². The molecule has 0 fully saturated rings. The molecule has 1 amide bonds. The van der Waals surface area contributed by atoms with E-state index in [4.69, 9.17) is 0 Å². The number of benzene rings is 1. The quantitative estimate of drug-likeness (QED) is 0.798. The van der Waals surface area contributed by atoms with Crippen LogP contribution in [-0.2, 0) is 0 Å². The molecule has 0 bridgehead atoms. The molecule has 3 aromatic rings. The molecule has 2 heterocycles. The van der Waals surface area contributed by atoms with E-state index in [2.05, 4.69) is 20.5 Å². The molecule has 0 saturated carbocycles. The Morgan fingerprint density at radius 3 is 2.76 bits per heavy atom. The molecule has 0 atom stereocenters. The topological polar surface area (TPSA) is 72.7 Å². The van der Waals surface area contributed by atoms with E-state index in [1.165, 1.54) is 24.3 Å².